The monoisotopic (exact) mass is 439 g/mol. The molecule has 0 atom stereocenters. The van der Waals surface area contributed by atoms with E-state index in [9.17, 15) is 0 Å². The van der Waals surface area contributed by atoms with E-state index in [4.69, 9.17) is 4.74 Å². The average Bonchev–Trinajstić information content (AvgIpc) is 2.55. The summed E-state index contributed by atoms with van der Waals surface area (Å²) in [5.41, 5.74) is 2.27. The van der Waals surface area contributed by atoms with Gasteiger partial charge in [0.2, 0.25) is 0 Å². The molecule has 0 aliphatic rings. The molecule has 0 N–H and O–H groups in total. The Bertz CT molecular complexity index is 632. The quantitative estimate of drug-likeness (QED) is 0.307. The third-order valence-electron chi connectivity index (χ3n) is 3.37. The number of rotatable bonds is 5. The van der Waals surface area contributed by atoms with Crippen LogP contribution in [0, 0.1) is 0 Å². The van der Waals surface area contributed by atoms with Crippen LogP contribution in [0.4, 0.5) is 0 Å². The van der Waals surface area contributed by atoms with Crippen LogP contribution >= 0.6 is 24.0 Å². The Morgan fingerprint density at radius 1 is 0.875 bits per heavy atom. The summed E-state index contributed by atoms with van der Waals surface area (Å²) >= 11 is 0. The molecule has 0 amide bonds. The van der Waals surface area contributed by atoms with Gasteiger partial charge in [0, 0.05) is 33.8 Å². The fourth-order valence-corrected chi connectivity index (χ4v) is 2.43. The fourth-order valence-electron chi connectivity index (χ4n) is 2.43. The molecular formula is C19H26IN3O. The third kappa shape index (κ3) is 5.70. The summed E-state index contributed by atoms with van der Waals surface area (Å²) in [5, 5.41) is 0. The topological polar surface area (TPSA) is 28.1 Å². The van der Waals surface area contributed by atoms with Crippen molar-refractivity contribution in [1.29, 1.82) is 0 Å². The van der Waals surface area contributed by atoms with Crippen molar-refractivity contribution in [1.82, 2.24) is 9.80 Å². The summed E-state index contributed by atoms with van der Waals surface area (Å²) in [6, 6.07) is 18.4. The SMILES string of the molecule is CN(C)C(=NCCOc1ccccc1-c1ccccc1)N(C)C.I. The molecule has 130 valence electrons. The molecule has 0 bridgehead atoms. The van der Waals surface area contributed by atoms with Gasteiger partial charge in [0.25, 0.3) is 0 Å². The molecule has 0 unspecified atom stereocenters. The highest BCUT2D eigenvalue weighted by Crippen LogP contribution is 2.29. The molecule has 0 radical (unpaired) electrons. The number of halogens is 1. The van der Waals surface area contributed by atoms with Crippen LogP contribution in [0.2, 0.25) is 0 Å². The van der Waals surface area contributed by atoms with Gasteiger partial charge in [-0.15, -0.1) is 24.0 Å². The summed E-state index contributed by atoms with van der Waals surface area (Å²) in [7, 11) is 7.96. The van der Waals surface area contributed by atoms with Crippen molar-refractivity contribution >= 4 is 29.9 Å². The number of ether oxygens (including phenoxy) is 1. The maximum atomic E-state index is 5.96. The van der Waals surface area contributed by atoms with Gasteiger partial charge in [0.05, 0.1) is 6.54 Å². The van der Waals surface area contributed by atoms with Crippen molar-refractivity contribution in [2.75, 3.05) is 41.3 Å². The number of hydrogen-bond donors (Lipinski definition) is 0. The molecule has 2 aromatic carbocycles. The van der Waals surface area contributed by atoms with Gasteiger partial charge in [-0.3, -0.25) is 0 Å². The zero-order valence-corrected chi connectivity index (χ0v) is 17.1. The lowest BCUT2D eigenvalue weighted by molar-refractivity contribution is 0.328. The zero-order valence-electron chi connectivity index (χ0n) is 14.8. The Balaban J connectivity index is 0.00000288. The number of benzene rings is 2. The predicted molar refractivity (Wildman–Crippen MR) is 112 cm³/mol. The summed E-state index contributed by atoms with van der Waals surface area (Å²) in [6.45, 7) is 1.17. The lowest BCUT2D eigenvalue weighted by atomic mass is 10.1. The van der Waals surface area contributed by atoms with Crippen molar-refractivity contribution in [3.8, 4) is 16.9 Å². The molecule has 0 heterocycles. The standard InChI is InChI=1S/C19H25N3O.HI/c1-21(2)19(22(3)4)20-14-15-23-18-13-9-8-12-17(18)16-10-6-5-7-11-16;/h5-13H,14-15H2,1-4H3;1H. The molecular weight excluding hydrogens is 413 g/mol. The Kier molecular flexibility index (Phi) is 8.60. The van der Waals surface area contributed by atoms with Crippen molar-refractivity contribution in [3.63, 3.8) is 0 Å². The van der Waals surface area contributed by atoms with Gasteiger partial charge < -0.3 is 14.5 Å². The van der Waals surface area contributed by atoms with Gasteiger partial charge in [-0.1, -0.05) is 48.5 Å². The second-order valence-electron chi connectivity index (χ2n) is 5.68. The first-order chi connectivity index (χ1) is 11.1. The minimum atomic E-state index is 0. The summed E-state index contributed by atoms with van der Waals surface area (Å²) in [5.74, 6) is 1.83. The van der Waals surface area contributed by atoms with Gasteiger partial charge in [-0.05, 0) is 11.6 Å². The lowest BCUT2D eigenvalue weighted by Gasteiger charge is -2.22. The van der Waals surface area contributed by atoms with Crippen LogP contribution in [0.25, 0.3) is 11.1 Å². The molecule has 4 nitrogen and oxygen atoms in total. The highest BCUT2D eigenvalue weighted by Gasteiger charge is 2.06. The lowest BCUT2D eigenvalue weighted by Crippen LogP contribution is -2.35. The second-order valence-corrected chi connectivity index (χ2v) is 5.68. The average molecular weight is 439 g/mol. The molecule has 0 fully saturated rings. The second kappa shape index (κ2) is 10.2. The first kappa shape index (κ1) is 20.3. The number of nitrogens with zero attached hydrogens (tertiary/aromatic N) is 3. The smallest absolute Gasteiger partial charge is 0.195 e. The van der Waals surface area contributed by atoms with Crippen LogP contribution in [-0.2, 0) is 0 Å². The van der Waals surface area contributed by atoms with E-state index < -0.39 is 0 Å². The van der Waals surface area contributed by atoms with Crippen LogP contribution in [0.1, 0.15) is 0 Å². The third-order valence-corrected chi connectivity index (χ3v) is 3.37. The number of guanidine groups is 1. The Hall–Kier alpha value is -1.76. The van der Waals surface area contributed by atoms with Crippen LogP contribution < -0.4 is 4.74 Å². The molecule has 0 aromatic heterocycles. The van der Waals surface area contributed by atoms with Gasteiger partial charge in [0.15, 0.2) is 5.96 Å². The van der Waals surface area contributed by atoms with Crippen molar-refractivity contribution in [2.24, 2.45) is 4.99 Å². The molecule has 2 aromatic rings. The summed E-state index contributed by atoms with van der Waals surface area (Å²) in [6.07, 6.45) is 0. The number of para-hydroxylation sites is 1. The van der Waals surface area contributed by atoms with E-state index in [1.165, 1.54) is 0 Å². The number of aliphatic imine (C=N–C) groups is 1. The van der Waals surface area contributed by atoms with Crippen LogP contribution in [0.5, 0.6) is 5.75 Å². The molecule has 24 heavy (non-hydrogen) atoms. The van der Waals surface area contributed by atoms with E-state index in [2.05, 4.69) is 23.2 Å². The first-order valence-electron chi connectivity index (χ1n) is 7.76. The molecule has 0 aliphatic heterocycles. The van der Waals surface area contributed by atoms with Crippen LogP contribution in [-0.4, -0.2) is 57.1 Å². The van der Waals surface area contributed by atoms with E-state index >= 15 is 0 Å². The molecule has 5 heteroatoms. The van der Waals surface area contributed by atoms with Gasteiger partial charge in [-0.2, -0.15) is 0 Å². The van der Waals surface area contributed by atoms with Crippen molar-refractivity contribution < 1.29 is 4.74 Å². The highest BCUT2D eigenvalue weighted by molar-refractivity contribution is 14.0. The maximum Gasteiger partial charge on any atom is 0.195 e. The van der Waals surface area contributed by atoms with E-state index in [1.54, 1.807) is 0 Å². The van der Waals surface area contributed by atoms with Crippen LogP contribution in [0.15, 0.2) is 59.6 Å². The summed E-state index contributed by atoms with van der Waals surface area (Å²) in [4.78, 5) is 8.58. The largest absolute Gasteiger partial charge is 0.491 e. The Morgan fingerprint density at radius 2 is 1.46 bits per heavy atom. The van der Waals surface area contributed by atoms with E-state index in [1.807, 2.05) is 74.4 Å². The molecule has 0 saturated carbocycles. The highest BCUT2D eigenvalue weighted by atomic mass is 127. The zero-order chi connectivity index (χ0) is 16.7. The Labute approximate surface area is 162 Å². The minimum absolute atomic E-state index is 0. The van der Waals surface area contributed by atoms with Gasteiger partial charge in [0.1, 0.15) is 12.4 Å². The van der Waals surface area contributed by atoms with E-state index in [0.29, 0.717) is 13.2 Å². The first-order valence-corrected chi connectivity index (χ1v) is 7.76. The minimum Gasteiger partial charge on any atom is -0.491 e. The number of hydrogen-bond acceptors (Lipinski definition) is 2. The van der Waals surface area contributed by atoms with Gasteiger partial charge in [-0.25, -0.2) is 4.99 Å². The fraction of sp³-hybridized carbons (Fsp3) is 0.316. The Morgan fingerprint density at radius 3 is 2.08 bits per heavy atom. The molecule has 0 spiro atoms. The molecule has 0 aliphatic carbocycles. The normalized spacial score (nSPS) is 9.67. The van der Waals surface area contributed by atoms with Gasteiger partial charge >= 0.3 is 0 Å². The van der Waals surface area contributed by atoms with Crippen LogP contribution in [0.3, 0.4) is 0 Å². The predicted octanol–water partition coefficient (Wildman–Crippen LogP) is 3.83. The summed E-state index contributed by atoms with van der Waals surface area (Å²) < 4.78 is 5.96. The van der Waals surface area contributed by atoms with E-state index in [0.717, 1.165) is 22.8 Å². The molecule has 0 saturated heterocycles. The van der Waals surface area contributed by atoms with Crippen molar-refractivity contribution in [2.45, 2.75) is 0 Å². The van der Waals surface area contributed by atoms with Crippen molar-refractivity contribution in [3.05, 3.63) is 54.6 Å². The maximum absolute atomic E-state index is 5.96. The van der Waals surface area contributed by atoms with E-state index in [-0.39, 0.29) is 24.0 Å². The molecule has 2 rings (SSSR count).